The topological polar surface area (TPSA) is 42.8 Å². The Bertz CT molecular complexity index is 1010. The summed E-state index contributed by atoms with van der Waals surface area (Å²) in [6.45, 7) is 0.870. The van der Waals surface area contributed by atoms with Gasteiger partial charge in [0.25, 0.3) is 0 Å². The molecule has 150 valence electrons. The lowest BCUT2D eigenvalue weighted by atomic mass is 10.2. The van der Waals surface area contributed by atoms with E-state index in [2.05, 4.69) is 26.5 Å². The van der Waals surface area contributed by atoms with E-state index in [1.165, 1.54) is 0 Å². The fraction of sp³-hybridized carbons (Fsp3) is 0.136. The van der Waals surface area contributed by atoms with Crippen LogP contribution in [-0.4, -0.2) is 13.3 Å². The molecule has 0 aromatic heterocycles. The van der Waals surface area contributed by atoms with Gasteiger partial charge in [-0.25, -0.2) is 0 Å². The lowest BCUT2D eigenvalue weighted by molar-refractivity contribution is 0.282. The van der Waals surface area contributed by atoms with E-state index < -0.39 is 0 Å². The van der Waals surface area contributed by atoms with Crippen LogP contribution in [0.5, 0.6) is 11.5 Å². The van der Waals surface area contributed by atoms with Crippen molar-refractivity contribution in [1.29, 1.82) is 0 Å². The van der Waals surface area contributed by atoms with Crippen LogP contribution >= 0.6 is 39.1 Å². The molecule has 3 aromatic rings. The van der Waals surface area contributed by atoms with E-state index in [-0.39, 0.29) is 0 Å². The molecular formula is C22H19BrCl2N2O2. The third kappa shape index (κ3) is 5.89. The number of nitrogens with zero attached hydrogens (tertiary/aromatic N) is 1. The van der Waals surface area contributed by atoms with E-state index >= 15 is 0 Å². The van der Waals surface area contributed by atoms with Gasteiger partial charge in [0.05, 0.1) is 24.3 Å². The Morgan fingerprint density at radius 1 is 1.00 bits per heavy atom. The molecule has 3 rings (SSSR count). The first-order valence-electron chi connectivity index (χ1n) is 8.81. The fourth-order valence-electron chi connectivity index (χ4n) is 2.61. The molecule has 3 aromatic carbocycles. The van der Waals surface area contributed by atoms with Gasteiger partial charge in [-0.3, -0.25) is 0 Å². The summed E-state index contributed by atoms with van der Waals surface area (Å²) >= 11 is 15.9. The van der Waals surface area contributed by atoms with Crippen molar-refractivity contribution in [2.24, 2.45) is 5.10 Å². The summed E-state index contributed by atoms with van der Waals surface area (Å²) < 4.78 is 12.2. The third-order valence-electron chi connectivity index (χ3n) is 4.11. The predicted octanol–water partition coefficient (Wildman–Crippen LogP) is 6.47. The van der Waals surface area contributed by atoms with Crippen molar-refractivity contribution in [3.63, 3.8) is 0 Å². The van der Waals surface area contributed by atoms with Crippen LogP contribution in [0.4, 0.5) is 0 Å². The van der Waals surface area contributed by atoms with Crippen LogP contribution in [-0.2, 0) is 13.2 Å². The van der Waals surface area contributed by atoms with Crippen molar-refractivity contribution in [3.8, 4) is 11.5 Å². The van der Waals surface area contributed by atoms with Gasteiger partial charge in [-0.2, -0.15) is 5.10 Å². The van der Waals surface area contributed by atoms with Crippen molar-refractivity contribution in [2.75, 3.05) is 7.11 Å². The first-order valence-corrected chi connectivity index (χ1v) is 10.4. The highest BCUT2D eigenvalue weighted by Gasteiger charge is 2.12. The molecule has 7 heteroatoms. The normalized spacial score (nSPS) is 10.9. The SMILES string of the molecule is COc1cc(/C=N\NCc2ccccc2Cl)cc(Br)c1OCc1ccccc1Cl. The number of benzene rings is 3. The maximum atomic E-state index is 6.20. The van der Waals surface area contributed by atoms with Crippen LogP contribution in [0.25, 0.3) is 0 Å². The van der Waals surface area contributed by atoms with Crippen molar-refractivity contribution in [1.82, 2.24) is 5.43 Å². The molecule has 0 bridgehead atoms. The summed E-state index contributed by atoms with van der Waals surface area (Å²) in [5, 5.41) is 5.63. The Kier molecular flexibility index (Phi) is 7.81. The average molecular weight is 494 g/mol. The van der Waals surface area contributed by atoms with Crippen molar-refractivity contribution < 1.29 is 9.47 Å². The molecule has 0 aliphatic rings. The van der Waals surface area contributed by atoms with Gasteiger partial charge in [-0.05, 0) is 51.3 Å². The minimum Gasteiger partial charge on any atom is -0.493 e. The summed E-state index contributed by atoms with van der Waals surface area (Å²) in [5.41, 5.74) is 5.73. The number of halogens is 3. The summed E-state index contributed by atoms with van der Waals surface area (Å²) in [5.74, 6) is 1.20. The molecule has 0 saturated carbocycles. The Labute approximate surface area is 188 Å². The standard InChI is InChI=1S/C22H19BrCl2N2O2/c1-28-21-11-15(12-26-27-13-16-6-2-4-8-19(16)24)10-18(23)22(21)29-14-17-7-3-5-9-20(17)25/h2-12,27H,13-14H2,1H3/b26-12-. The number of hydrazone groups is 1. The Morgan fingerprint density at radius 3 is 2.31 bits per heavy atom. The molecule has 4 nitrogen and oxygen atoms in total. The molecule has 0 heterocycles. The molecule has 0 amide bonds. The zero-order chi connectivity index (χ0) is 20.6. The van der Waals surface area contributed by atoms with E-state index in [0.717, 1.165) is 21.2 Å². The van der Waals surface area contributed by atoms with E-state index in [0.29, 0.717) is 34.7 Å². The maximum Gasteiger partial charge on any atom is 0.175 e. The number of nitrogens with one attached hydrogen (secondary N) is 1. The van der Waals surface area contributed by atoms with Crippen molar-refractivity contribution in [3.05, 3.63) is 91.9 Å². The summed E-state index contributed by atoms with van der Waals surface area (Å²) in [7, 11) is 1.60. The number of hydrogen-bond donors (Lipinski definition) is 1. The lowest BCUT2D eigenvalue weighted by Gasteiger charge is -2.14. The quantitative estimate of drug-likeness (QED) is 0.289. The van der Waals surface area contributed by atoms with Crippen LogP contribution in [0.2, 0.25) is 10.0 Å². The Balaban J connectivity index is 1.67. The maximum absolute atomic E-state index is 6.20. The van der Waals surface area contributed by atoms with Crippen LogP contribution < -0.4 is 14.9 Å². The van der Waals surface area contributed by atoms with Gasteiger partial charge in [-0.15, -0.1) is 0 Å². The molecule has 0 aliphatic carbocycles. The molecule has 0 spiro atoms. The van der Waals surface area contributed by atoms with Crippen LogP contribution in [0.15, 0.2) is 70.2 Å². The second-order valence-corrected chi connectivity index (χ2v) is 7.77. The largest absolute Gasteiger partial charge is 0.493 e. The van der Waals surface area contributed by atoms with Crippen LogP contribution in [0.3, 0.4) is 0 Å². The minimum atomic E-state index is 0.335. The van der Waals surface area contributed by atoms with E-state index in [1.807, 2.05) is 60.7 Å². The Morgan fingerprint density at radius 2 is 1.66 bits per heavy atom. The molecule has 0 radical (unpaired) electrons. The second kappa shape index (κ2) is 10.5. The first kappa shape index (κ1) is 21.5. The van der Waals surface area contributed by atoms with Crippen LogP contribution in [0, 0.1) is 0 Å². The van der Waals surface area contributed by atoms with Crippen molar-refractivity contribution in [2.45, 2.75) is 13.2 Å². The Hall–Kier alpha value is -2.21. The zero-order valence-electron chi connectivity index (χ0n) is 15.7. The molecular weight excluding hydrogens is 475 g/mol. The molecule has 0 fully saturated rings. The van der Waals surface area contributed by atoms with E-state index in [1.54, 1.807) is 13.3 Å². The first-order chi connectivity index (χ1) is 14.1. The number of rotatable bonds is 8. The molecule has 0 atom stereocenters. The van der Waals surface area contributed by atoms with Gasteiger partial charge in [0.15, 0.2) is 11.5 Å². The molecule has 0 saturated heterocycles. The van der Waals surface area contributed by atoms with Crippen LogP contribution in [0.1, 0.15) is 16.7 Å². The fourth-order valence-corrected chi connectivity index (χ4v) is 3.58. The number of hydrogen-bond acceptors (Lipinski definition) is 4. The third-order valence-corrected chi connectivity index (χ3v) is 5.44. The van der Waals surface area contributed by atoms with Crippen molar-refractivity contribution >= 4 is 45.3 Å². The van der Waals surface area contributed by atoms with Gasteiger partial charge < -0.3 is 14.9 Å². The lowest BCUT2D eigenvalue weighted by Crippen LogP contribution is -2.06. The van der Waals surface area contributed by atoms with Gasteiger partial charge in [-0.1, -0.05) is 59.6 Å². The van der Waals surface area contributed by atoms with Gasteiger partial charge in [0.1, 0.15) is 6.61 Å². The number of ether oxygens (including phenoxy) is 2. The zero-order valence-corrected chi connectivity index (χ0v) is 18.8. The minimum absolute atomic E-state index is 0.335. The molecule has 0 unspecified atom stereocenters. The molecule has 0 aliphatic heterocycles. The molecule has 1 N–H and O–H groups in total. The van der Waals surface area contributed by atoms with E-state index in [9.17, 15) is 0 Å². The van der Waals surface area contributed by atoms with Gasteiger partial charge in [0, 0.05) is 15.6 Å². The smallest absolute Gasteiger partial charge is 0.175 e. The summed E-state index contributed by atoms with van der Waals surface area (Å²) in [6, 6.07) is 19.0. The second-order valence-electron chi connectivity index (χ2n) is 6.10. The number of methoxy groups -OCH3 is 1. The summed E-state index contributed by atoms with van der Waals surface area (Å²) in [4.78, 5) is 0. The average Bonchev–Trinajstić information content (AvgIpc) is 2.72. The van der Waals surface area contributed by atoms with Gasteiger partial charge in [0.2, 0.25) is 0 Å². The van der Waals surface area contributed by atoms with E-state index in [4.69, 9.17) is 32.7 Å². The van der Waals surface area contributed by atoms with Gasteiger partial charge >= 0.3 is 0 Å². The highest BCUT2D eigenvalue weighted by atomic mass is 79.9. The summed E-state index contributed by atoms with van der Waals surface area (Å²) in [6.07, 6.45) is 1.71. The predicted molar refractivity (Wildman–Crippen MR) is 122 cm³/mol. The highest BCUT2D eigenvalue weighted by molar-refractivity contribution is 9.10. The monoisotopic (exact) mass is 492 g/mol. The highest BCUT2D eigenvalue weighted by Crippen LogP contribution is 2.37. The molecule has 29 heavy (non-hydrogen) atoms.